The Morgan fingerprint density at radius 2 is 2.10 bits per heavy atom. The summed E-state index contributed by atoms with van der Waals surface area (Å²) in [5.41, 5.74) is 2.06. The molecule has 0 spiro atoms. The molecule has 6 heteroatoms. The van der Waals surface area contributed by atoms with Crippen molar-refractivity contribution >= 4 is 11.3 Å². The van der Waals surface area contributed by atoms with E-state index in [1.807, 2.05) is 30.5 Å². The summed E-state index contributed by atoms with van der Waals surface area (Å²) in [6.45, 7) is 0.956. The van der Waals surface area contributed by atoms with E-state index in [2.05, 4.69) is 15.4 Å². The molecule has 1 N–H and O–H groups in total. The number of aromatic nitrogens is 3. The summed E-state index contributed by atoms with van der Waals surface area (Å²) in [4.78, 5) is 4.34. The second-order valence-corrected chi connectivity index (χ2v) is 4.48. The zero-order valence-corrected chi connectivity index (χ0v) is 10.6. The molecule has 20 heavy (non-hydrogen) atoms. The normalized spacial score (nSPS) is 12.8. The van der Waals surface area contributed by atoms with Crippen molar-refractivity contribution in [1.82, 2.24) is 14.6 Å². The molecule has 0 amide bonds. The van der Waals surface area contributed by atoms with Crippen LogP contribution < -0.4 is 14.8 Å². The first-order chi connectivity index (χ1) is 9.90. The topological polar surface area (TPSA) is 60.7 Å². The molecule has 4 rings (SSSR count). The Bertz CT molecular complexity index is 769. The summed E-state index contributed by atoms with van der Waals surface area (Å²) in [5, 5.41) is 7.49. The molecule has 0 saturated carbocycles. The fourth-order valence-electron chi connectivity index (χ4n) is 2.23. The maximum Gasteiger partial charge on any atom is 0.231 e. The molecule has 2 aromatic heterocycles. The minimum absolute atomic E-state index is 0.295. The van der Waals surface area contributed by atoms with Crippen LogP contribution in [0.25, 0.3) is 5.52 Å². The van der Waals surface area contributed by atoms with E-state index < -0.39 is 0 Å². The van der Waals surface area contributed by atoms with Crippen LogP contribution in [-0.4, -0.2) is 21.4 Å². The average Bonchev–Trinajstić information content (AvgIpc) is 3.13. The van der Waals surface area contributed by atoms with Gasteiger partial charge in [0, 0.05) is 18.9 Å². The minimum Gasteiger partial charge on any atom is -0.454 e. The van der Waals surface area contributed by atoms with Crippen LogP contribution in [0.3, 0.4) is 0 Å². The van der Waals surface area contributed by atoms with E-state index in [-0.39, 0.29) is 0 Å². The molecule has 0 fully saturated rings. The number of nitrogens with zero attached hydrogens (tertiary/aromatic N) is 3. The number of ether oxygens (including phenoxy) is 2. The van der Waals surface area contributed by atoms with Gasteiger partial charge in [-0.25, -0.2) is 9.50 Å². The maximum atomic E-state index is 5.37. The van der Waals surface area contributed by atoms with Gasteiger partial charge in [-0.15, -0.1) is 0 Å². The van der Waals surface area contributed by atoms with Crippen LogP contribution in [0.15, 0.2) is 42.9 Å². The first-order valence-electron chi connectivity index (χ1n) is 6.31. The Balaban J connectivity index is 1.57. The lowest BCUT2D eigenvalue weighted by molar-refractivity contribution is 0.174. The quantitative estimate of drug-likeness (QED) is 0.788. The van der Waals surface area contributed by atoms with E-state index in [1.165, 1.54) is 0 Å². The Morgan fingerprint density at radius 1 is 1.15 bits per heavy atom. The van der Waals surface area contributed by atoms with E-state index in [0.717, 1.165) is 28.4 Å². The zero-order chi connectivity index (χ0) is 13.4. The lowest BCUT2D eigenvalue weighted by Gasteiger charge is -2.07. The maximum absolute atomic E-state index is 5.37. The van der Waals surface area contributed by atoms with E-state index >= 15 is 0 Å². The van der Waals surface area contributed by atoms with Gasteiger partial charge in [0.2, 0.25) is 6.79 Å². The number of fused-ring (bicyclic) bond motifs is 2. The van der Waals surface area contributed by atoms with Crippen molar-refractivity contribution < 1.29 is 9.47 Å². The third-order valence-corrected chi connectivity index (χ3v) is 3.22. The monoisotopic (exact) mass is 268 g/mol. The molecular weight excluding hydrogens is 256 g/mol. The largest absolute Gasteiger partial charge is 0.454 e. The molecule has 3 heterocycles. The van der Waals surface area contributed by atoms with Crippen LogP contribution in [0.2, 0.25) is 0 Å². The van der Waals surface area contributed by atoms with Gasteiger partial charge in [0.15, 0.2) is 17.3 Å². The molecule has 0 atom stereocenters. The number of benzene rings is 1. The first kappa shape index (κ1) is 11.1. The third-order valence-electron chi connectivity index (χ3n) is 3.22. The van der Waals surface area contributed by atoms with Crippen molar-refractivity contribution in [2.75, 3.05) is 12.1 Å². The summed E-state index contributed by atoms with van der Waals surface area (Å²) in [6, 6.07) is 7.84. The van der Waals surface area contributed by atoms with Crippen molar-refractivity contribution in [3.05, 3.63) is 48.4 Å². The smallest absolute Gasteiger partial charge is 0.231 e. The molecule has 1 aromatic carbocycles. The predicted molar refractivity (Wildman–Crippen MR) is 72.9 cm³/mol. The summed E-state index contributed by atoms with van der Waals surface area (Å²) in [5.74, 6) is 2.40. The average molecular weight is 268 g/mol. The summed E-state index contributed by atoms with van der Waals surface area (Å²) in [7, 11) is 0. The lowest BCUT2D eigenvalue weighted by Crippen LogP contribution is -2.03. The highest BCUT2D eigenvalue weighted by molar-refractivity contribution is 5.66. The fourth-order valence-corrected chi connectivity index (χ4v) is 2.23. The van der Waals surface area contributed by atoms with Crippen LogP contribution in [0, 0.1) is 0 Å². The highest BCUT2D eigenvalue weighted by Crippen LogP contribution is 2.32. The van der Waals surface area contributed by atoms with Gasteiger partial charge < -0.3 is 14.8 Å². The van der Waals surface area contributed by atoms with Gasteiger partial charge >= 0.3 is 0 Å². The lowest BCUT2D eigenvalue weighted by atomic mass is 10.2. The molecule has 1 aliphatic heterocycles. The Labute approximate surface area is 115 Å². The summed E-state index contributed by atoms with van der Waals surface area (Å²) in [6.07, 6.45) is 5.30. The van der Waals surface area contributed by atoms with Gasteiger partial charge in [0.1, 0.15) is 5.52 Å². The van der Waals surface area contributed by atoms with Gasteiger partial charge in [0.25, 0.3) is 0 Å². The Morgan fingerprint density at radius 3 is 3.10 bits per heavy atom. The summed E-state index contributed by atoms with van der Waals surface area (Å²) >= 11 is 0. The van der Waals surface area contributed by atoms with Gasteiger partial charge in [-0.3, -0.25) is 0 Å². The SMILES string of the molecule is c1cn2nccc2c(NCc2ccc3c(c2)OCO3)n1. The van der Waals surface area contributed by atoms with Crippen LogP contribution in [0.1, 0.15) is 5.56 Å². The van der Waals surface area contributed by atoms with E-state index in [1.54, 1.807) is 16.9 Å². The predicted octanol–water partition coefficient (Wildman–Crippen LogP) is 2.07. The van der Waals surface area contributed by atoms with E-state index in [9.17, 15) is 0 Å². The van der Waals surface area contributed by atoms with Crippen LogP contribution in [0.4, 0.5) is 5.82 Å². The van der Waals surface area contributed by atoms with Gasteiger partial charge in [-0.1, -0.05) is 6.07 Å². The fraction of sp³-hybridized carbons (Fsp3) is 0.143. The van der Waals surface area contributed by atoms with Gasteiger partial charge in [-0.05, 0) is 23.8 Å². The third kappa shape index (κ3) is 1.82. The number of rotatable bonds is 3. The highest BCUT2D eigenvalue weighted by Gasteiger charge is 2.13. The van der Waals surface area contributed by atoms with Gasteiger partial charge in [-0.2, -0.15) is 5.10 Å². The number of hydrogen-bond donors (Lipinski definition) is 1. The molecular formula is C14H12N4O2. The van der Waals surface area contributed by atoms with E-state index in [0.29, 0.717) is 13.3 Å². The van der Waals surface area contributed by atoms with Crippen molar-refractivity contribution in [3.63, 3.8) is 0 Å². The second-order valence-electron chi connectivity index (χ2n) is 4.48. The molecule has 3 aromatic rings. The Kier molecular flexibility index (Phi) is 2.45. The molecule has 0 saturated heterocycles. The highest BCUT2D eigenvalue weighted by atomic mass is 16.7. The number of nitrogens with one attached hydrogen (secondary N) is 1. The minimum atomic E-state index is 0.295. The standard InChI is InChI=1S/C14H12N4O2/c1-2-12-13(20-9-19-12)7-10(1)8-16-14-11-3-4-17-18(11)6-5-15-14/h1-7H,8-9H2,(H,15,16). The zero-order valence-electron chi connectivity index (χ0n) is 10.6. The Hall–Kier alpha value is -2.76. The van der Waals surface area contributed by atoms with Crippen molar-refractivity contribution in [2.45, 2.75) is 6.54 Å². The van der Waals surface area contributed by atoms with Crippen LogP contribution in [0.5, 0.6) is 11.5 Å². The van der Waals surface area contributed by atoms with Crippen molar-refractivity contribution in [2.24, 2.45) is 0 Å². The molecule has 100 valence electrons. The van der Waals surface area contributed by atoms with Crippen LogP contribution in [-0.2, 0) is 6.54 Å². The summed E-state index contributed by atoms with van der Waals surface area (Å²) < 4.78 is 12.5. The van der Waals surface area contributed by atoms with Crippen molar-refractivity contribution in [1.29, 1.82) is 0 Å². The number of anilines is 1. The second kappa shape index (κ2) is 4.41. The molecule has 0 bridgehead atoms. The molecule has 6 nitrogen and oxygen atoms in total. The molecule has 1 aliphatic rings. The number of hydrogen-bond acceptors (Lipinski definition) is 5. The molecule has 0 aliphatic carbocycles. The van der Waals surface area contributed by atoms with E-state index in [4.69, 9.17) is 9.47 Å². The van der Waals surface area contributed by atoms with Gasteiger partial charge in [0.05, 0.1) is 6.20 Å². The van der Waals surface area contributed by atoms with Crippen molar-refractivity contribution in [3.8, 4) is 11.5 Å². The molecule has 0 unspecified atom stereocenters. The van der Waals surface area contributed by atoms with Crippen LogP contribution >= 0.6 is 0 Å². The first-order valence-corrected chi connectivity index (χ1v) is 6.31. The molecule has 0 radical (unpaired) electrons.